The molecule has 0 unspecified atom stereocenters. The largest absolute Gasteiger partial charge is 0.340 e. The third-order valence-corrected chi connectivity index (χ3v) is 5.63. The Kier molecular flexibility index (Phi) is 6.78. The molecule has 1 aromatic carbocycles. The molecule has 1 saturated heterocycles. The van der Waals surface area contributed by atoms with Gasteiger partial charge >= 0.3 is 0 Å². The molecule has 25 heavy (non-hydrogen) atoms. The number of hydrogen-bond donors (Lipinski definition) is 0. The average Bonchev–Trinajstić information content (AvgIpc) is 2.58. The number of rotatable bonds is 7. The van der Waals surface area contributed by atoms with Gasteiger partial charge in [0, 0.05) is 39.1 Å². The van der Waals surface area contributed by atoms with Gasteiger partial charge in [0.15, 0.2) is 0 Å². The lowest BCUT2D eigenvalue weighted by Crippen LogP contribution is -2.48. The molecule has 6 nitrogen and oxygen atoms in total. The highest BCUT2D eigenvalue weighted by atomic mass is 32.2. The number of piperazine rings is 1. The number of para-hydroxylation sites is 1. The summed E-state index contributed by atoms with van der Waals surface area (Å²) in [6.45, 7) is 6.31. The van der Waals surface area contributed by atoms with Gasteiger partial charge in [-0.3, -0.25) is 9.10 Å². The third kappa shape index (κ3) is 5.40. The maximum absolute atomic E-state index is 13.9. The predicted molar refractivity (Wildman–Crippen MR) is 96.5 cm³/mol. The molecule has 0 aromatic heterocycles. The number of carbonyl (C=O) groups is 1. The summed E-state index contributed by atoms with van der Waals surface area (Å²) in [6, 6.07) is 5.77. The van der Waals surface area contributed by atoms with Crippen molar-refractivity contribution >= 4 is 21.6 Å². The van der Waals surface area contributed by atoms with Gasteiger partial charge in [0.25, 0.3) is 0 Å². The van der Waals surface area contributed by atoms with E-state index in [9.17, 15) is 17.6 Å². The highest BCUT2D eigenvalue weighted by Gasteiger charge is 2.23. The number of nitrogens with zero attached hydrogens (tertiary/aromatic N) is 3. The second kappa shape index (κ2) is 8.62. The Morgan fingerprint density at radius 2 is 1.84 bits per heavy atom. The van der Waals surface area contributed by atoms with E-state index in [0.717, 1.165) is 30.2 Å². The van der Waals surface area contributed by atoms with Crippen molar-refractivity contribution in [2.75, 3.05) is 49.8 Å². The van der Waals surface area contributed by atoms with E-state index in [0.29, 0.717) is 19.5 Å². The molecular formula is C17H26FN3O3S. The molecule has 140 valence electrons. The number of benzene rings is 1. The zero-order chi connectivity index (χ0) is 18.4. The minimum Gasteiger partial charge on any atom is -0.340 e. The number of halogens is 1. The molecule has 1 heterocycles. The Balaban J connectivity index is 1.92. The van der Waals surface area contributed by atoms with Gasteiger partial charge < -0.3 is 9.80 Å². The number of anilines is 1. The maximum Gasteiger partial charge on any atom is 0.232 e. The number of likely N-dealkylation sites (N-methyl/N-ethyl adjacent to an activating group) is 1. The molecule has 0 aliphatic carbocycles. The van der Waals surface area contributed by atoms with Gasteiger partial charge in [0.1, 0.15) is 5.82 Å². The summed E-state index contributed by atoms with van der Waals surface area (Å²) in [5.74, 6) is -0.562. The van der Waals surface area contributed by atoms with Crippen LogP contribution in [0.3, 0.4) is 0 Å². The minimum atomic E-state index is -3.61. The van der Waals surface area contributed by atoms with Gasteiger partial charge in [-0.15, -0.1) is 0 Å². The first-order chi connectivity index (χ1) is 11.8. The first kappa shape index (κ1) is 19.7. The summed E-state index contributed by atoms with van der Waals surface area (Å²) in [5.41, 5.74) is 0.0222. The molecule has 1 aliphatic rings. The normalized spacial score (nSPS) is 16.0. The van der Waals surface area contributed by atoms with Crippen molar-refractivity contribution in [3.8, 4) is 0 Å². The molecule has 0 N–H and O–H groups in total. The molecular weight excluding hydrogens is 345 g/mol. The Morgan fingerprint density at radius 1 is 1.20 bits per heavy atom. The van der Waals surface area contributed by atoms with Crippen molar-refractivity contribution in [2.24, 2.45) is 0 Å². The lowest BCUT2D eigenvalue weighted by atomic mass is 10.2. The Hall–Kier alpha value is -1.67. The molecule has 0 bridgehead atoms. The van der Waals surface area contributed by atoms with E-state index in [1.54, 1.807) is 6.07 Å². The van der Waals surface area contributed by atoms with Gasteiger partial charge in [0.05, 0.1) is 11.9 Å². The van der Waals surface area contributed by atoms with Crippen LogP contribution in [-0.2, 0) is 14.8 Å². The fraction of sp³-hybridized carbons (Fsp3) is 0.588. The van der Waals surface area contributed by atoms with Gasteiger partial charge in [0.2, 0.25) is 15.9 Å². The summed E-state index contributed by atoms with van der Waals surface area (Å²) in [4.78, 5) is 16.4. The summed E-state index contributed by atoms with van der Waals surface area (Å²) in [6.07, 6.45) is 1.66. The van der Waals surface area contributed by atoms with Crippen LogP contribution in [0.15, 0.2) is 24.3 Å². The van der Waals surface area contributed by atoms with Gasteiger partial charge in [-0.05, 0) is 25.1 Å². The molecule has 1 fully saturated rings. The molecule has 8 heteroatoms. The minimum absolute atomic E-state index is 0.0222. The van der Waals surface area contributed by atoms with Crippen LogP contribution in [0.25, 0.3) is 0 Å². The molecule has 1 aliphatic heterocycles. The van der Waals surface area contributed by atoms with E-state index in [4.69, 9.17) is 0 Å². The summed E-state index contributed by atoms with van der Waals surface area (Å²) in [7, 11) is -3.61. The van der Waals surface area contributed by atoms with E-state index < -0.39 is 15.8 Å². The predicted octanol–water partition coefficient (Wildman–Crippen LogP) is 1.54. The molecule has 1 aromatic rings. The van der Waals surface area contributed by atoms with Crippen LogP contribution >= 0.6 is 0 Å². The van der Waals surface area contributed by atoms with Crippen molar-refractivity contribution in [1.82, 2.24) is 9.80 Å². The summed E-state index contributed by atoms with van der Waals surface area (Å²) < 4.78 is 38.9. The van der Waals surface area contributed by atoms with Crippen LogP contribution in [0.5, 0.6) is 0 Å². The molecule has 1 amide bonds. The maximum atomic E-state index is 13.9. The van der Waals surface area contributed by atoms with E-state index >= 15 is 0 Å². The quantitative estimate of drug-likeness (QED) is 0.729. The van der Waals surface area contributed by atoms with E-state index in [-0.39, 0.29) is 24.6 Å². The summed E-state index contributed by atoms with van der Waals surface area (Å²) >= 11 is 0. The molecule has 0 spiro atoms. The Bertz CT molecular complexity index is 688. The number of carbonyl (C=O) groups excluding carboxylic acids is 1. The average molecular weight is 371 g/mol. The molecule has 2 rings (SSSR count). The van der Waals surface area contributed by atoms with Crippen LogP contribution in [0.4, 0.5) is 10.1 Å². The van der Waals surface area contributed by atoms with Crippen molar-refractivity contribution in [3.05, 3.63) is 30.1 Å². The smallest absolute Gasteiger partial charge is 0.232 e. The SMILES string of the molecule is CCN1CCN(C(=O)CCCN(c2ccccc2F)S(C)(=O)=O)CC1. The fourth-order valence-corrected chi connectivity index (χ4v) is 3.93. The number of sulfonamides is 1. The Labute approximate surface area is 149 Å². The standard InChI is InChI=1S/C17H26FN3O3S/c1-3-19-11-13-20(14-12-19)17(22)9-6-10-21(25(2,23)24)16-8-5-4-7-15(16)18/h4-5,7-8H,3,6,9-14H2,1-2H3. The summed E-state index contributed by atoms with van der Waals surface area (Å²) in [5, 5.41) is 0. The van der Waals surface area contributed by atoms with Crippen LogP contribution in [0.2, 0.25) is 0 Å². The van der Waals surface area contributed by atoms with Crippen LogP contribution in [0, 0.1) is 5.82 Å². The third-order valence-electron chi connectivity index (χ3n) is 4.45. The zero-order valence-corrected chi connectivity index (χ0v) is 15.6. The van der Waals surface area contributed by atoms with E-state index in [2.05, 4.69) is 11.8 Å². The topological polar surface area (TPSA) is 60.9 Å². The second-order valence-electron chi connectivity index (χ2n) is 6.21. The highest BCUT2D eigenvalue weighted by Crippen LogP contribution is 2.22. The van der Waals surface area contributed by atoms with Crippen molar-refractivity contribution < 1.29 is 17.6 Å². The zero-order valence-electron chi connectivity index (χ0n) is 14.8. The van der Waals surface area contributed by atoms with Crippen molar-refractivity contribution in [1.29, 1.82) is 0 Å². The van der Waals surface area contributed by atoms with E-state index in [1.165, 1.54) is 18.2 Å². The fourth-order valence-electron chi connectivity index (χ4n) is 2.96. The van der Waals surface area contributed by atoms with Crippen LogP contribution in [0.1, 0.15) is 19.8 Å². The number of hydrogen-bond acceptors (Lipinski definition) is 4. The van der Waals surface area contributed by atoms with Crippen molar-refractivity contribution in [3.63, 3.8) is 0 Å². The number of amides is 1. The Morgan fingerprint density at radius 3 is 2.40 bits per heavy atom. The van der Waals surface area contributed by atoms with E-state index in [1.807, 2.05) is 4.90 Å². The van der Waals surface area contributed by atoms with Crippen LogP contribution in [-0.4, -0.2) is 69.6 Å². The highest BCUT2D eigenvalue weighted by molar-refractivity contribution is 7.92. The lowest BCUT2D eigenvalue weighted by molar-refractivity contribution is -0.132. The monoisotopic (exact) mass is 371 g/mol. The second-order valence-corrected chi connectivity index (χ2v) is 8.11. The molecule has 0 atom stereocenters. The van der Waals surface area contributed by atoms with Gasteiger partial charge in [-0.25, -0.2) is 12.8 Å². The van der Waals surface area contributed by atoms with Gasteiger partial charge in [-0.1, -0.05) is 19.1 Å². The molecule has 0 radical (unpaired) electrons. The van der Waals surface area contributed by atoms with Crippen LogP contribution < -0.4 is 4.31 Å². The van der Waals surface area contributed by atoms with Crippen molar-refractivity contribution in [2.45, 2.75) is 19.8 Å². The van der Waals surface area contributed by atoms with Gasteiger partial charge in [-0.2, -0.15) is 0 Å². The first-order valence-electron chi connectivity index (χ1n) is 8.55. The first-order valence-corrected chi connectivity index (χ1v) is 10.4. The lowest BCUT2D eigenvalue weighted by Gasteiger charge is -2.34. The molecule has 0 saturated carbocycles.